The Morgan fingerprint density at radius 1 is 1.56 bits per heavy atom. The highest BCUT2D eigenvalue weighted by Crippen LogP contribution is 1.72. The van der Waals surface area contributed by atoms with Crippen molar-refractivity contribution >= 4 is 11.1 Å². The van der Waals surface area contributed by atoms with Crippen molar-refractivity contribution < 1.29 is 8.76 Å². The molecule has 0 radical (unpaired) electrons. The zero-order valence-corrected chi connectivity index (χ0v) is 6.41. The second-order valence-electron chi connectivity index (χ2n) is 1.78. The quantitative estimate of drug-likeness (QED) is 0.436. The van der Waals surface area contributed by atoms with E-state index in [0.717, 1.165) is 13.0 Å². The van der Waals surface area contributed by atoms with E-state index in [-0.39, 0.29) is 0 Å². The fourth-order valence-electron chi connectivity index (χ4n) is 0.461. The number of rotatable bonds is 5. The molecule has 0 fully saturated rings. The molecular formula is C5H13NO2S. The summed E-state index contributed by atoms with van der Waals surface area (Å²) in [6.45, 7) is 3.62. The lowest BCUT2D eigenvalue weighted by Gasteiger charge is -1.97. The molecule has 9 heavy (non-hydrogen) atoms. The van der Waals surface area contributed by atoms with E-state index < -0.39 is 11.1 Å². The molecule has 4 heteroatoms. The van der Waals surface area contributed by atoms with Gasteiger partial charge in [0.1, 0.15) is 0 Å². The Hall–Kier alpha value is 0.0700. The smallest absolute Gasteiger partial charge is 0.154 e. The lowest BCUT2D eigenvalue weighted by molar-refractivity contribution is 0.559. The van der Waals surface area contributed by atoms with Crippen LogP contribution in [-0.4, -0.2) is 27.6 Å². The van der Waals surface area contributed by atoms with Gasteiger partial charge < -0.3 is 9.87 Å². The Bertz CT molecular complexity index is 87.0. The molecule has 0 spiro atoms. The molecule has 0 saturated carbocycles. The highest BCUT2D eigenvalue weighted by molar-refractivity contribution is 7.79. The van der Waals surface area contributed by atoms with Crippen molar-refractivity contribution in [3.63, 3.8) is 0 Å². The van der Waals surface area contributed by atoms with E-state index in [4.69, 9.17) is 4.55 Å². The third kappa shape index (κ3) is 8.07. The van der Waals surface area contributed by atoms with Gasteiger partial charge in [0.25, 0.3) is 0 Å². The van der Waals surface area contributed by atoms with Crippen molar-refractivity contribution in [2.24, 2.45) is 0 Å². The summed E-state index contributed by atoms with van der Waals surface area (Å²) in [7, 11) is 0. The van der Waals surface area contributed by atoms with Crippen LogP contribution in [0.5, 0.6) is 0 Å². The Kier molecular flexibility index (Phi) is 6.24. The molecule has 0 aliphatic rings. The SMILES string of the molecule is CCCNCCS(=O)O. The molecule has 0 heterocycles. The summed E-state index contributed by atoms with van der Waals surface area (Å²) in [6, 6.07) is 0. The van der Waals surface area contributed by atoms with E-state index in [1.807, 2.05) is 0 Å². The van der Waals surface area contributed by atoms with Crippen LogP contribution in [-0.2, 0) is 11.1 Å². The van der Waals surface area contributed by atoms with Crippen LogP contribution in [0.25, 0.3) is 0 Å². The molecule has 0 bridgehead atoms. The molecule has 1 atom stereocenters. The fourth-order valence-corrected chi connectivity index (χ4v) is 0.780. The van der Waals surface area contributed by atoms with Crippen LogP contribution in [0.1, 0.15) is 13.3 Å². The maximum atomic E-state index is 10.0. The van der Waals surface area contributed by atoms with Gasteiger partial charge in [-0.25, -0.2) is 4.21 Å². The largest absolute Gasteiger partial charge is 0.316 e. The molecule has 1 unspecified atom stereocenters. The summed E-state index contributed by atoms with van der Waals surface area (Å²) in [4.78, 5) is 0. The van der Waals surface area contributed by atoms with Crippen LogP contribution in [0.2, 0.25) is 0 Å². The van der Waals surface area contributed by atoms with Crippen molar-refractivity contribution in [2.45, 2.75) is 13.3 Å². The summed E-state index contributed by atoms with van der Waals surface area (Å²) < 4.78 is 18.3. The summed E-state index contributed by atoms with van der Waals surface area (Å²) >= 11 is -1.63. The van der Waals surface area contributed by atoms with Gasteiger partial charge in [-0.2, -0.15) is 0 Å². The molecule has 0 aromatic heterocycles. The molecule has 0 rings (SSSR count). The molecule has 0 aromatic rings. The summed E-state index contributed by atoms with van der Waals surface area (Å²) in [5.41, 5.74) is 0. The Morgan fingerprint density at radius 3 is 2.67 bits per heavy atom. The van der Waals surface area contributed by atoms with Gasteiger partial charge in [0.05, 0.1) is 5.75 Å². The van der Waals surface area contributed by atoms with E-state index in [2.05, 4.69) is 12.2 Å². The average molecular weight is 151 g/mol. The summed E-state index contributed by atoms with van der Waals surface area (Å²) in [6.07, 6.45) is 1.07. The second-order valence-corrected chi connectivity index (χ2v) is 2.83. The van der Waals surface area contributed by atoms with Crippen molar-refractivity contribution in [3.05, 3.63) is 0 Å². The van der Waals surface area contributed by atoms with E-state index in [0.29, 0.717) is 12.3 Å². The second kappa shape index (κ2) is 6.19. The Labute approximate surface area is 58.1 Å². The molecule has 3 nitrogen and oxygen atoms in total. The van der Waals surface area contributed by atoms with Crippen LogP contribution < -0.4 is 5.32 Å². The average Bonchev–Trinajstić information content (AvgIpc) is 1.80. The van der Waals surface area contributed by atoms with Crippen molar-refractivity contribution in [1.29, 1.82) is 0 Å². The highest BCUT2D eigenvalue weighted by Gasteiger charge is 1.89. The minimum absolute atomic E-state index is 0.333. The highest BCUT2D eigenvalue weighted by atomic mass is 32.2. The monoisotopic (exact) mass is 151 g/mol. The van der Waals surface area contributed by atoms with Gasteiger partial charge in [-0.3, -0.25) is 0 Å². The van der Waals surface area contributed by atoms with Gasteiger partial charge in [-0.15, -0.1) is 0 Å². The molecule has 56 valence electrons. The number of nitrogens with one attached hydrogen (secondary N) is 1. The van der Waals surface area contributed by atoms with Gasteiger partial charge >= 0.3 is 0 Å². The fraction of sp³-hybridized carbons (Fsp3) is 1.00. The molecule has 0 amide bonds. The van der Waals surface area contributed by atoms with Gasteiger partial charge in [-0.05, 0) is 13.0 Å². The number of hydrogen-bond donors (Lipinski definition) is 2. The van der Waals surface area contributed by atoms with Crippen LogP contribution in [0, 0.1) is 0 Å². The topological polar surface area (TPSA) is 49.3 Å². The first-order chi connectivity index (χ1) is 4.27. The third-order valence-corrected chi connectivity index (χ3v) is 1.43. The standard InChI is InChI=1S/C5H13NO2S/c1-2-3-6-4-5-9(7)8/h6H,2-5H2,1H3,(H,7,8). The first kappa shape index (κ1) is 9.07. The number of hydrogen-bond acceptors (Lipinski definition) is 2. The third-order valence-electron chi connectivity index (χ3n) is 0.880. The van der Waals surface area contributed by atoms with Crippen LogP contribution >= 0.6 is 0 Å². The van der Waals surface area contributed by atoms with Gasteiger partial charge in [0.15, 0.2) is 11.1 Å². The minimum atomic E-state index is -1.63. The summed E-state index contributed by atoms with van der Waals surface area (Å²) in [5, 5.41) is 3.01. The lowest BCUT2D eigenvalue weighted by Crippen LogP contribution is -2.20. The summed E-state index contributed by atoms with van der Waals surface area (Å²) in [5.74, 6) is 0.333. The van der Waals surface area contributed by atoms with Crippen molar-refractivity contribution in [3.8, 4) is 0 Å². The Morgan fingerprint density at radius 2 is 2.22 bits per heavy atom. The zero-order valence-electron chi connectivity index (χ0n) is 5.59. The maximum Gasteiger partial charge on any atom is 0.154 e. The van der Waals surface area contributed by atoms with E-state index in [1.165, 1.54) is 0 Å². The molecule has 0 aromatic carbocycles. The predicted octanol–water partition coefficient (Wildman–Crippen LogP) is 0.208. The molecular weight excluding hydrogens is 138 g/mol. The first-order valence-electron chi connectivity index (χ1n) is 3.05. The first-order valence-corrected chi connectivity index (χ1v) is 4.33. The van der Waals surface area contributed by atoms with Crippen LogP contribution in [0.3, 0.4) is 0 Å². The normalized spacial score (nSPS) is 13.6. The van der Waals surface area contributed by atoms with E-state index in [1.54, 1.807) is 0 Å². The lowest BCUT2D eigenvalue weighted by atomic mass is 10.5. The molecule has 0 saturated heterocycles. The maximum absolute atomic E-state index is 10.0. The van der Waals surface area contributed by atoms with E-state index in [9.17, 15) is 4.21 Å². The predicted molar refractivity (Wildman–Crippen MR) is 38.8 cm³/mol. The van der Waals surface area contributed by atoms with Crippen LogP contribution in [0.4, 0.5) is 0 Å². The van der Waals surface area contributed by atoms with Gasteiger partial charge in [0.2, 0.25) is 0 Å². The Balaban J connectivity index is 2.83. The van der Waals surface area contributed by atoms with E-state index >= 15 is 0 Å². The van der Waals surface area contributed by atoms with Crippen molar-refractivity contribution in [2.75, 3.05) is 18.8 Å². The van der Waals surface area contributed by atoms with Gasteiger partial charge in [0, 0.05) is 6.54 Å². The van der Waals surface area contributed by atoms with Crippen LogP contribution in [0.15, 0.2) is 0 Å². The molecule has 2 N–H and O–H groups in total. The van der Waals surface area contributed by atoms with Gasteiger partial charge in [-0.1, -0.05) is 6.92 Å². The molecule has 0 aliphatic heterocycles. The minimum Gasteiger partial charge on any atom is -0.316 e. The molecule has 0 aliphatic carbocycles. The zero-order chi connectivity index (χ0) is 7.11. The van der Waals surface area contributed by atoms with Crippen molar-refractivity contribution in [1.82, 2.24) is 5.32 Å².